The Morgan fingerprint density at radius 1 is 0.794 bits per heavy atom. The van der Waals surface area contributed by atoms with Gasteiger partial charge in [0.1, 0.15) is 17.3 Å². The number of para-hydroxylation sites is 1. The van der Waals surface area contributed by atoms with Crippen LogP contribution < -0.4 is 15.6 Å². The van der Waals surface area contributed by atoms with E-state index in [-0.39, 0.29) is 16.5 Å². The number of rotatable bonds is 7. The molecule has 4 aromatic carbocycles. The van der Waals surface area contributed by atoms with E-state index in [1.807, 2.05) is 0 Å². The minimum absolute atomic E-state index is 0.0145. The van der Waals surface area contributed by atoms with Gasteiger partial charge in [0.05, 0.1) is 10.5 Å². The van der Waals surface area contributed by atoms with Gasteiger partial charge in [-0.3, -0.25) is 10.2 Å². The lowest BCUT2D eigenvalue weighted by atomic mass is 9.99. The van der Waals surface area contributed by atoms with Gasteiger partial charge >= 0.3 is 0 Å². The SMILES string of the molecule is N=C(N)c1cccc(Oc2ccccc2C(=O)c2ccc(-c3ccccc3S(N)(=O)=O)cc2)c1. The Kier molecular flexibility index (Phi) is 6.27. The average molecular weight is 472 g/mol. The van der Waals surface area contributed by atoms with E-state index in [2.05, 4.69) is 0 Å². The van der Waals surface area contributed by atoms with Crippen LogP contribution in [0.2, 0.25) is 0 Å². The number of benzene rings is 4. The number of ketones is 1. The summed E-state index contributed by atoms with van der Waals surface area (Å²) in [5.41, 5.74) is 7.90. The summed E-state index contributed by atoms with van der Waals surface area (Å²) in [6.45, 7) is 0. The quantitative estimate of drug-likeness (QED) is 0.210. The molecule has 4 aromatic rings. The zero-order valence-electron chi connectivity index (χ0n) is 17.9. The van der Waals surface area contributed by atoms with E-state index >= 15 is 0 Å². The van der Waals surface area contributed by atoms with Crippen molar-refractivity contribution < 1.29 is 17.9 Å². The highest BCUT2D eigenvalue weighted by molar-refractivity contribution is 7.89. The van der Waals surface area contributed by atoms with Crippen LogP contribution in [0.15, 0.2) is 102 Å². The molecule has 0 amide bonds. The third-order valence-electron chi connectivity index (χ3n) is 5.16. The molecule has 0 fully saturated rings. The van der Waals surface area contributed by atoms with Crippen molar-refractivity contribution in [2.75, 3.05) is 0 Å². The normalized spacial score (nSPS) is 11.1. The molecule has 0 unspecified atom stereocenters. The first-order chi connectivity index (χ1) is 16.2. The van der Waals surface area contributed by atoms with Gasteiger partial charge in [-0.25, -0.2) is 13.6 Å². The first-order valence-electron chi connectivity index (χ1n) is 10.2. The van der Waals surface area contributed by atoms with Crippen LogP contribution in [0.5, 0.6) is 11.5 Å². The number of carbonyl (C=O) groups excluding carboxylic acids is 1. The smallest absolute Gasteiger partial charge is 0.238 e. The summed E-state index contributed by atoms with van der Waals surface area (Å²) in [5.74, 6) is 0.461. The van der Waals surface area contributed by atoms with Crippen molar-refractivity contribution in [3.63, 3.8) is 0 Å². The van der Waals surface area contributed by atoms with Gasteiger partial charge in [-0.05, 0) is 35.9 Å². The van der Waals surface area contributed by atoms with Crippen molar-refractivity contribution >= 4 is 21.6 Å². The number of nitrogen functional groups attached to an aromatic ring is 1. The zero-order chi connectivity index (χ0) is 24.3. The molecular formula is C26H21N3O4S. The van der Waals surface area contributed by atoms with Gasteiger partial charge in [-0.15, -0.1) is 0 Å². The second-order valence-corrected chi connectivity index (χ2v) is 9.02. The van der Waals surface area contributed by atoms with Crippen LogP contribution in [0.25, 0.3) is 11.1 Å². The van der Waals surface area contributed by atoms with Crippen LogP contribution in [-0.2, 0) is 10.0 Å². The van der Waals surface area contributed by atoms with Gasteiger partial charge in [-0.1, -0.05) is 66.7 Å². The molecule has 0 spiro atoms. The first-order valence-corrected chi connectivity index (χ1v) is 11.8. The molecule has 0 saturated carbocycles. The molecule has 0 atom stereocenters. The lowest BCUT2D eigenvalue weighted by molar-refractivity contribution is 0.103. The Morgan fingerprint density at radius 3 is 2.18 bits per heavy atom. The number of hydrogen-bond donors (Lipinski definition) is 3. The lowest BCUT2D eigenvalue weighted by Gasteiger charge is -2.12. The van der Waals surface area contributed by atoms with E-state index in [0.717, 1.165) is 0 Å². The summed E-state index contributed by atoms with van der Waals surface area (Å²) in [6.07, 6.45) is 0. The maximum atomic E-state index is 13.3. The number of nitrogens with one attached hydrogen (secondary N) is 1. The second kappa shape index (κ2) is 9.30. The molecule has 8 heteroatoms. The van der Waals surface area contributed by atoms with Gasteiger partial charge in [-0.2, -0.15) is 0 Å². The minimum atomic E-state index is -3.90. The molecule has 0 aliphatic carbocycles. The van der Waals surface area contributed by atoms with Crippen LogP contribution in [-0.4, -0.2) is 20.0 Å². The van der Waals surface area contributed by atoms with Gasteiger partial charge in [0.15, 0.2) is 5.78 Å². The van der Waals surface area contributed by atoms with Crippen LogP contribution in [0.3, 0.4) is 0 Å². The standard InChI is InChI=1S/C26H21N3O4S/c27-26(28)19-6-5-7-20(16-19)33-23-10-3-1-9-22(23)25(30)18-14-12-17(13-15-18)21-8-2-4-11-24(21)34(29,31)32/h1-16H,(H3,27,28)(H2,29,31,32). The van der Waals surface area contributed by atoms with E-state index in [9.17, 15) is 13.2 Å². The number of sulfonamides is 1. The molecule has 0 radical (unpaired) electrons. The summed E-state index contributed by atoms with van der Waals surface area (Å²) in [4.78, 5) is 13.3. The molecule has 170 valence electrons. The van der Waals surface area contributed by atoms with Crippen LogP contribution >= 0.6 is 0 Å². The van der Waals surface area contributed by atoms with E-state index in [4.69, 9.17) is 21.0 Å². The van der Waals surface area contributed by atoms with Crippen molar-refractivity contribution in [2.45, 2.75) is 4.90 Å². The predicted octanol–water partition coefficient (Wildman–Crippen LogP) is 4.31. The fourth-order valence-electron chi connectivity index (χ4n) is 3.51. The van der Waals surface area contributed by atoms with Crippen molar-refractivity contribution in [1.82, 2.24) is 0 Å². The molecule has 34 heavy (non-hydrogen) atoms. The minimum Gasteiger partial charge on any atom is -0.457 e. The van der Waals surface area contributed by atoms with E-state index in [1.54, 1.807) is 91.0 Å². The number of amidine groups is 1. The summed E-state index contributed by atoms with van der Waals surface area (Å²) in [6, 6.07) is 26.6. The first kappa shape index (κ1) is 22.9. The fourth-order valence-corrected chi connectivity index (χ4v) is 4.27. The summed E-state index contributed by atoms with van der Waals surface area (Å²) in [7, 11) is -3.90. The Hall–Kier alpha value is -4.27. The molecule has 0 aromatic heterocycles. The maximum Gasteiger partial charge on any atom is 0.238 e. The number of nitrogens with two attached hydrogens (primary N) is 2. The summed E-state index contributed by atoms with van der Waals surface area (Å²) >= 11 is 0. The van der Waals surface area contributed by atoms with Gasteiger partial charge in [0.2, 0.25) is 10.0 Å². The third kappa shape index (κ3) is 4.88. The molecule has 0 aliphatic heterocycles. The van der Waals surface area contributed by atoms with E-state index in [0.29, 0.717) is 39.3 Å². The molecule has 4 rings (SSSR count). The number of primary sulfonamides is 1. The van der Waals surface area contributed by atoms with E-state index < -0.39 is 10.0 Å². The summed E-state index contributed by atoms with van der Waals surface area (Å²) < 4.78 is 29.8. The second-order valence-electron chi connectivity index (χ2n) is 7.49. The average Bonchev–Trinajstić information content (AvgIpc) is 2.84. The monoisotopic (exact) mass is 471 g/mol. The Bertz CT molecular complexity index is 1500. The van der Waals surface area contributed by atoms with E-state index in [1.165, 1.54) is 6.07 Å². The third-order valence-corrected chi connectivity index (χ3v) is 6.13. The van der Waals surface area contributed by atoms with Crippen molar-refractivity contribution in [2.24, 2.45) is 10.9 Å². The molecule has 0 bridgehead atoms. The highest BCUT2D eigenvalue weighted by Gasteiger charge is 2.17. The molecule has 0 aliphatic rings. The Labute approximate surface area is 197 Å². The van der Waals surface area contributed by atoms with Gasteiger partial charge in [0, 0.05) is 16.7 Å². The van der Waals surface area contributed by atoms with Gasteiger partial charge < -0.3 is 10.5 Å². The maximum absolute atomic E-state index is 13.3. The van der Waals surface area contributed by atoms with Crippen molar-refractivity contribution in [3.05, 3.63) is 114 Å². The topological polar surface area (TPSA) is 136 Å². The Morgan fingerprint density at radius 2 is 1.47 bits per heavy atom. The Balaban J connectivity index is 1.64. The van der Waals surface area contributed by atoms with Gasteiger partial charge in [0.25, 0.3) is 0 Å². The summed E-state index contributed by atoms with van der Waals surface area (Å²) in [5, 5.41) is 12.9. The lowest BCUT2D eigenvalue weighted by Crippen LogP contribution is -2.13. The fraction of sp³-hybridized carbons (Fsp3) is 0. The number of carbonyl (C=O) groups is 1. The number of hydrogen-bond acceptors (Lipinski definition) is 5. The molecule has 0 saturated heterocycles. The molecule has 7 nitrogen and oxygen atoms in total. The molecular weight excluding hydrogens is 450 g/mol. The van der Waals surface area contributed by atoms with Crippen molar-refractivity contribution in [1.29, 1.82) is 5.41 Å². The van der Waals surface area contributed by atoms with Crippen LogP contribution in [0.1, 0.15) is 21.5 Å². The zero-order valence-corrected chi connectivity index (χ0v) is 18.8. The van der Waals surface area contributed by atoms with Crippen LogP contribution in [0.4, 0.5) is 0 Å². The van der Waals surface area contributed by atoms with Crippen molar-refractivity contribution in [3.8, 4) is 22.6 Å². The molecule has 0 heterocycles. The largest absolute Gasteiger partial charge is 0.457 e. The highest BCUT2D eigenvalue weighted by Crippen LogP contribution is 2.30. The van der Waals surface area contributed by atoms with Crippen LogP contribution in [0, 0.1) is 5.41 Å². The predicted molar refractivity (Wildman–Crippen MR) is 131 cm³/mol. The number of ether oxygens (including phenoxy) is 1. The molecule has 5 N–H and O–H groups in total. The highest BCUT2D eigenvalue weighted by atomic mass is 32.2.